The van der Waals surface area contributed by atoms with Crippen molar-refractivity contribution < 1.29 is 15.4 Å². The van der Waals surface area contributed by atoms with E-state index < -0.39 is 24.2 Å². The Morgan fingerprint density at radius 2 is 1.18 bits per heavy atom. The van der Waals surface area contributed by atoms with E-state index in [1.807, 2.05) is 54.6 Å². The van der Waals surface area contributed by atoms with Crippen LogP contribution in [0.2, 0.25) is 0 Å². The van der Waals surface area contributed by atoms with Crippen LogP contribution in [0.4, 0.5) is 0 Å². The Balaban J connectivity index is 1.58. The molecule has 0 fully saturated rings. The van der Waals surface area contributed by atoms with Crippen LogP contribution in [0.3, 0.4) is 0 Å². The van der Waals surface area contributed by atoms with Gasteiger partial charge in [0.2, 0.25) is 0 Å². The summed E-state index contributed by atoms with van der Waals surface area (Å²) in [5, 5.41) is 4.30. The zero-order valence-electron chi connectivity index (χ0n) is 27.8. The lowest BCUT2D eigenvalue weighted by molar-refractivity contribution is 0.670. The van der Waals surface area contributed by atoms with Crippen molar-refractivity contribution in [2.45, 2.75) is 0 Å². The van der Waals surface area contributed by atoms with Crippen LogP contribution in [-0.4, -0.2) is 0 Å². The Labute approximate surface area is 239 Å². The van der Waals surface area contributed by atoms with Crippen LogP contribution < -0.4 is 0 Å². The summed E-state index contributed by atoms with van der Waals surface area (Å²) in [6.45, 7) is 0. The maximum Gasteiger partial charge on any atom is 0.143 e. The van der Waals surface area contributed by atoms with E-state index in [1.165, 1.54) is 0 Å². The van der Waals surface area contributed by atoms with E-state index in [-0.39, 0.29) is 50.2 Å². The predicted octanol–water partition coefficient (Wildman–Crippen LogP) is 11.1. The molecule has 1 aromatic heterocycles. The zero-order chi connectivity index (χ0) is 32.2. The van der Waals surface area contributed by atoms with Crippen LogP contribution >= 0.6 is 15.9 Å². The summed E-state index contributed by atoms with van der Waals surface area (Å²) >= 11 is 3.49. The summed E-state index contributed by atoms with van der Waals surface area (Å²) in [5.41, 5.74) is 4.09. The highest BCUT2D eigenvalue weighted by Crippen LogP contribution is 2.45. The number of rotatable bonds is 2. The monoisotopic (exact) mass is 556 g/mol. The number of furan rings is 1. The van der Waals surface area contributed by atoms with Crippen molar-refractivity contribution in [3.05, 3.63) is 132 Å². The second-order valence-corrected chi connectivity index (χ2v) is 10.0. The Morgan fingerprint density at radius 3 is 1.92 bits per heavy atom. The van der Waals surface area contributed by atoms with Gasteiger partial charge in [-0.1, -0.05) is 109 Å². The molecule has 1 nitrogen and oxygen atoms in total. The number of hydrogen-bond donors (Lipinski definition) is 0. The van der Waals surface area contributed by atoms with E-state index in [0.717, 1.165) is 32.7 Å². The maximum absolute atomic E-state index is 8.96. The molecule has 7 aromatic carbocycles. The molecule has 0 bridgehead atoms. The average molecular weight is 558 g/mol. The summed E-state index contributed by atoms with van der Waals surface area (Å²) in [6, 6.07) is 22.7. The molecule has 0 N–H and O–H groups in total. The van der Waals surface area contributed by atoms with Gasteiger partial charge in [-0.15, -0.1) is 0 Å². The highest BCUT2D eigenvalue weighted by Gasteiger charge is 2.19. The van der Waals surface area contributed by atoms with Crippen molar-refractivity contribution >= 4 is 70.2 Å². The van der Waals surface area contributed by atoms with Crippen molar-refractivity contribution in [2.75, 3.05) is 0 Å². The number of benzene rings is 7. The minimum absolute atomic E-state index is 0.146. The Morgan fingerprint density at radius 1 is 0.526 bits per heavy atom. The highest BCUT2D eigenvalue weighted by molar-refractivity contribution is 9.10. The molecule has 0 radical (unpaired) electrons. The molecule has 0 saturated heterocycles. The summed E-state index contributed by atoms with van der Waals surface area (Å²) in [7, 11) is 0. The van der Waals surface area contributed by atoms with Crippen LogP contribution in [0.25, 0.3) is 76.5 Å². The normalized spacial score (nSPS) is 14.8. The molecule has 8 rings (SSSR count). The minimum Gasteiger partial charge on any atom is -0.455 e. The quantitative estimate of drug-likeness (QED) is 0.193. The topological polar surface area (TPSA) is 13.1 Å². The van der Waals surface area contributed by atoms with Gasteiger partial charge in [0.1, 0.15) is 11.2 Å². The first-order valence-electron chi connectivity index (χ1n) is 16.2. The van der Waals surface area contributed by atoms with Crippen molar-refractivity contribution in [3.63, 3.8) is 0 Å². The Kier molecular flexibility index (Phi) is 3.30. The van der Waals surface area contributed by atoms with Gasteiger partial charge in [-0.05, 0) is 83.1 Å². The first-order chi connectivity index (χ1) is 22.1. The summed E-state index contributed by atoms with van der Waals surface area (Å²) < 4.78 is 76.0. The molecule has 0 aliphatic carbocycles. The maximum atomic E-state index is 8.96. The van der Waals surface area contributed by atoms with Gasteiger partial charge in [0, 0.05) is 20.8 Å². The molecule has 2 heteroatoms. The number of hydrogen-bond acceptors (Lipinski definition) is 1. The fourth-order valence-electron chi connectivity index (χ4n) is 5.49. The highest BCUT2D eigenvalue weighted by atomic mass is 79.9. The van der Waals surface area contributed by atoms with Crippen molar-refractivity contribution in [1.29, 1.82) is 0 Å². The molecule has 0 spiro atoms. The van der Waals surface area contributed by atoms with Crippen LogP contribution in [-0.2, 0) is 0 Å². The fraction of sp³-hybridized carbons (Fsp3) is 0. The van der Waals surface area contributed by atoms with Gasteiger partial charge >= 0.3 is 0 Å². The smallest absolute Gasteiger partial charge is 0.143 e. The lowest BCUT2D eigenvalue weighted by atomic mass is 9.91. The molecule has 0 unspecified atom stereocenters. The number of halogens is 1. The molecule has 0 aliphatic heterocycles. The van der Waals surface area contributed by atoms with E-state index in [0.29, 0.717) is 22.3 Å². The van der Waals surface area contributed by atoms with Gasteiger partial charge in [0.15, 0.2) is 0 Å². The molecule has 0 amide bonds. The van der Waals surface area contributed by atoms with E-state index >= 15 is 0 Å². The second-order valence-electron chi connectivity index (χ2n) is 9.22. The summed E-state index contributed by atoms with van der Waals surface area (Å²) in [4.78, 5) is 0. The van der Waals surface area contributed by atoms with Crippen molar-refractivity contribution in [1.82, 2.24) is 0 Å². The minimum atomic E-state index is -0.431. The second kappa shape index (κ2) is 8.31. The van der Waals surface area contributed by atoms with Crippen molar-refractivity contribution in [3.8, 4) is 22.3 Å². The van der Waals surface area contributed by atoms with Crippen LogP contribution in [0.15, 0.2) is 136 Å². The molecule has 178 valence electrons. The van der Waals surface area contributed by atoms with Crippen LogP contribution in [0.1, 0.15) is 11.0 Å². The first-order valence-corrected chi connectivity index (χ1v) is 12.9. The average Bonchev–Trinajstić information content (AvgIpc) is 3.43. The summed E-state index contributed by atoms with van der Waals surface area (Å²) in [5.74, 6) is 0. The van der Waals surface area contributed by atoms with E-state index in [4.69, 9.17) is 15.4 Å². The molecule has 0 aliphatic rings. The largest absolute Gasteiger partial charge is 0.455 e. The van der Waals surface area contributed by atoms with Gasteiger partial charge in [-0.25, -0.2) is 0 Å². The molecule has 0 saturated carbocycles. The van der Waals surface area contributed by atoms with E-state index in [9.17, 15) is 0 Å². The van der Waals surface area contributed by atoms with Crippen molar-refractivity contribution in [2.24, 2.45) is 0 Å². The molecular formula is C36H21BrO. The first kappa shape index (κ1) is 15.1. The molecule has 0 atom stereocenters. The predicted molar refractivity (Wildman–Crippen MR) is 165 cm³/mol. The zero-order valence-corrected chi connectivity index (χ0v) is 21.4. The standard InChI is InChI=1S/C36H21BrO/c37-35-28-16-8-6-14-26(28)33(27-15-7-9-17-29(27)35)24-18-19-32-30(21-24)31-20-23-12-4-5-13-25(23)34(36(31)38-32)22-10-2-1-3-11-22/h1-21H/i6D,7D,8D,9D,14D,15D,16D,17D. The van der Waals surface area contributed by atoms with Gasteiger partial charge < -0.3 is 4.42 Å². The Bertz CT molecular complexity index is 2550. The van der Waals surface area contributed by atoms with Gasteiger partial charge in [0.05, 0.1) is 11.0 Å². The van der Waals surface area contributed by atoms with Gasteiger partial charge in [0.25, 0.3) is 0 Å². The third kappa shape index (κ3) is 3.11. The van der Waals surface area contributed by atoms with Gasteiger partial charge in [-0.3, -0.25) is 0 Å². The molecule has 8 aromatic rings. The van der Waals surface area contributed by atoms with E-state index in [2.05, 4.69) is 28.1 Å². The number of fused-ring (bicyclic) bond motifs is 6. The lowest BCUT2D eigenvalue weighted by Gasteiger charge is -2.14. The molecular weight excluding hydrogens is 528 g/mol. The fourth-order valence-corrected chi connectivity index (χ4v) is 6.08. The molecule has 1 heterocycles. The van der Waals surface area contributed by atoms with Crippen LogP contribution in [0.5, 0.6) is 0 Å². The third-order valence-corrected chi connectivity index (χ3v) is 7.94. The SMILES string of the molecule is [2H]c1c([2H])c([2H])c2c(-c3ccc4oc5c(-c6ccccc6)c6ccccc6cc5c4c3)c3c([2H])c([2H])c([2H])c([2H])c3c(Br)c2c1[2H]. The third-order valence-electron chi connectivity index (χ3n) is 7.15. The molecule has 38 heavy (non-hydrogen) atoms. The van der Waals surface area contributed by atoms with Gasteiger partial charge in [-0.2, -0.15) is 0 Å². The van der Waals surface area contributed by atoms with Crippen LogP contribution in [0, 0.1) is 0 Å². The lowest BCUT2D eigenvalue weighted by Crippen LogP contribution is -1.87. The Hall–Kier alpha value is -4.40. The van der Waals surface area contributed by atoms with E-state index in [1.54, 1.807) is 12.1 Å². The summed E-state index contributed by atoms with van der Waals surface area (Å²) in [6.07, 6.45) is 0.